The van der Waals surface area contributed by atoms with Crippen LogP contribution in [0.15, 0.2) is 12.1 Å². The Bertz CT molecular complexity index is 661. The van der Waals surface area contributed by atoms with Gasteiger partial charge in [-0.25, -0.2) is 9.78 Å². The molecule has 0 saturated heterocycles. The first kappa shape index (κ1) is 14.0. The number of carboxylic acid groups (broad SMARTS) is 1. The van der Waals surface area contributed by atoms with Gasteiger partial charge in [-0.1, -0.05) is 0 Å². The van der Waals surface area contributed by atoms with Gasteiger partial charge in [-0.05, 0) is 32.9 Å². The minimum absolute atomic E-state index is 0.226. The third-order valence-corrected chi connectivity index (χ3v) is 3.42. The standard InChI is InChI=1S/C14H18N4O2/c1-8-11(14(19)20)5-6-13(16-8)15-7-12-9(2)17-18(4)10(12)3/h5-6H,7H2,1-4H3,(H,15,16)(H,19,20). The van der Waals surface area contributed by atoms with Crippen LogP contribution in [0.1, 0.15) is 33.0 Å². The van der Waals surface area contributed by atoms with E-state index in [1.165, 1.54) is 0 Å². The van der Waals surface area contributed by atoms with Crippen molar-refractivity contribution in [3.8, 4) is 0 Å². The Balaban J connectivity index is 2.15. The van der Waals surface area contributed by atoms with E-state index < -0.39 is 5.97 Å². The summed E-state index contributed by atoms with van der Waals surface area (Å²) in [5.41, 5.74) is 3.95. The lowest BCUT2D eigenvalue weighted by atomic mass is 10.2. The first-order valence-electron chi connectivity index (χ1n) is 6.34. The van der Waals surface area contributed by atoms with Crippen molar-refractivity contribution in [3.63, 3.8) is 0 Å². The fourth-order valence-corrected chi connectivity index (χ4v) is 2.14. The van der Waals surface area contributed by atoms with Crippen molar-refractivity contribution in [3.05, 3.63) is 40.3 Å². The van der Waals surface area contributed by atoms with Crippen LogP contribution in [-0.4, -0.2) is 25.8 Å². The van der Waals surface area contributed by atoms with E-state index in [1.54, 1.807) is 19.1 Å². The predicted molar refractivity (Wildman–Crippen MR) is 75.9 cm³/mol. The summed E-state index contributed by atoms with van der Waals surface area (Å²) in [7, 11) is 1.91. The second-order valence-electron chi connectivity index (χ2n) is 4.76. The van der Waals surface area contributed by atoms with Gasteiger partial charge in [-0.3, -0.25) is 4.68 Å². The average molecular weight is 274 g/mol. The highest BCUT2D eigenvalue weighted by Gasteiger charge is 2.11. The molecule has 0 atom stereocenters. The fourth-order valence-electron chi connectivity index (χ4n) is 2.14. The highest BCUT2D eigenvalue weighted by atomic mass is 16.4. The molecule has 2 heterocycles. The average Bonchev–Trinajstić information content (AvgIpc) is 2.61. The zero-order valence-corrected chi connectivity index (χ0v) is 12.1. The lowest BCUT2D eigenvalue weighted by molar-refractivity contribution is 0.0695. The van der Waals surface area contributed by atoms with Crippen molar-refractivity contribution in [1.82, 2.24) is 14.8 Å². The van der Waals surface area contributed by atoms with E-state index in [9.17, 15) is 4.79 Å². The Labute approximate surface area is 117 Å². The molecule has 0 aliphatic heterocycles. The smallest absolute Gasteiger partial charge is 0.337 e. The van der Waals surface area contributed by atoms with Crippen molar-refractivity contribution in [2.45, 2.75) is 27.3 Å². The summed E-state index contributed by atoms with van der Waals surface area (Å²) in [6, 6.07) is 3.24. The number of carboxylic acids is 1. The molecule has 106 valence electrons. The van der Waals surface area contributed by atoms with Crippen LogP contribution in [0, 0.1) is 20.8 Å². The zero-order chi connectivity index (χ0) is 14.9. The lowest BCUT2D eigenvalue weighted by Gasteiger charge is -2.08. The molecule has 0 aromatic carbocycles. The molecule has 20 heavy (non-hydrogen) atoms. The molecule has 0 aliphatic rings. The van der Waals surface area contributed by atoms with Gasteiger partial charge < -0.3 is 10.4 Å². The topological polar surface area (TPSA) is 80.0 Å². The van der Waals surface area contributed by atoms with Crippen LogP contribution in [-0.2, 0) is 13.6 Å². The van der Waals surface area contributed by atoms with Gasteiger partial charge in [0.05, 0.1) is 17.0 Å². The van der Waals surface area contributed by atoms with Crippen molar-refractivity contribution < 1.29 is 9.90 Å². The third-order valence-electron chi connectivity index (χ3n) is 3.42. The van der Waals surface area contributed by atoms with Gasteiger partial charge in [-0.2, -0.15) is 5.10 Å². The number of nitrogens with zero attached hydrogens (tertiary/aromatic N) is 3. The fraction of sp³-hybridized carbons (Fsp3) is 0.357. The molecule has 0 amide bonds. The summed E-state index contributed by atoms with van der Waals surface area (Å²) >= 11 is 0. The molecule has 6 nitrogen and oxygen atoms in total. The molecule has 0 unspecified atom stereocenters. The van der Waals surface area contributed by atoms with Gasteiger partial charge >= 0.3 is 5.97 Å². The largest absolute Gasteiger partial charge is 0.478 e. The van der Waals surface area contributed by atoms with Gasteiger partial charge in [-0.15, -0.1) is 0 Å². The molecular weight excluding hydrogens is 256 g/mol. The molecule has 2 aromatic heterocycles. The number of nitrogens with one attached hydrogen (secondary N) is 1. The van der Waals surface area contributed by atoms with E-state index in [4.69, 9.17) is 5.11 Å². The summed E-state index contributed by atoms with van der Waals surface area (Å²) in [5.74, 6) is -0.296. The van der Waals surface area contributed by atoms with Crippen LogP contribution < -0.4 is 5.32 Å². The number of hydrogen-bond acceptors (Lipinski definition) is 4. The molecule has 0 aliphatic carbocycles. The number of hydrogen-bond donors (Lipinski definition) is 2. The minimum Gasteiger partial charge on any atom is -0.478 e. The number of aromatic nitrogens is 3. The van der Waals surface area contributed by atoms with Crippen LogP contribution in [0.3, 0.4) is 0 Å². The van der Waals surface area contributed by atoms with Gasteiger partial charge in [0.2, 0.25) is 0 Å². The summed E-state index contributed by atoms with van der Waals surface area (Å²) in [4.78, 5) is 15.2. The van der Waals surface area contributed by atoms with Crippen LogP contribution in [0.2, 0.25) is 0 Å². The van der Waals surface area contributed by atoms with Crippen molar-refractivity contribution in [1.29, 1.82) is 0 Å². The Kier molecular flexibility index (Phi) is 3.74. The summed E-state index contributed by atoms with van der Waals surface area (Å²) in [6.45, 7) is 6.29. The Morgan fingerprint density at radius 2 is 2.00 bits per heavy atom. The van der Waals surface area contributed by atoms with Gasteiger partial charge in [0.25, 0.3) is 0 Å². The van der Waals surface area contributed by atoms with Crippen LogP contribution in [0.4, 0.5) is 5.82 Å². The van der Waals surface area contributed by atoms with E-state index in [0.29, 0.717) is 18.1 Å². The Morgan fingerprint density at radius 1 is 1.30 bits per heavy atom. The normalized spacial score (nSPS) is 10.6. The molecule has 2 N–H and O–H groups in total. The third kappa shape index (κ3) is 2.64. The quantitative estimate of drug-likeness (QED) is 0.892. The molecule has 0 radical (unpaired) electrons. The van der Waals surface area contributed by atoms with Crippen molar-refractivity contribution in [2.24, 2.45) is 7.05 Å². The minimum atomic E-state index is -0.958. The maximum absolute atomic E-state index is 10.9. The SMILES string of the molecule is Cc1nc(NCc2c(C)nn(C)c2C)ccc1C(=O)O. The predicted octanol–water partition coefficient (Wildman–Crippen LogP) is 2.05. The molecule has 0 bridgehead atoms. The molecule has 2 aromatic rings. The van der Waals surface area contributed by atoms with Gasteiger partial charge in [0.1, 0.15) is 5.82 Å². The monoisotopic (exact) mass is 274 g/mol. The summed E-state index contributed by atoms with van der Waals surface area (Å²) in [6.07, 6.45) is 0. The number of pyridine rings is 1. The van der Waals surface area contributed by atoms with Gasteiger partial charge in [0.15, 0.2) is 0 Å². The number of rotatable bonds is 4. The maximum Gasteiger partial charge on any atom is 0.337 e. The Morgan fingerprint density at radius 3 is 2.50 bits per heavy atom. The first-order chi connectivity index (χ1) is 9.40. The molecule has 2 rings (SSSR count). The lowest BCUT2D eigenvalue weighted by Crippen LogP contribution is -2.07. The van der Waals surface area contributed by atoms with Crippen LogP contribution in [0.5, 0.6) is 0 Å². The number of aryl methyl sites for hydroxylation is 3. The van der Waals surface area contributed by atoms with Crippen molar-refractivity contribution in [2.75, 3.05) is 5.32 Å². The second-order valence-corrected chi connectivity index (χ2v) is 4.76. The highest BCUT2D eigenvalue weighted by Crippen LogP contribution is 2.15. The molecule has 0 spiro atoms. The summed E-state index contributed by atoms with van der Waals surface area (Å²) < 4.78 is 1.85. The maximum atomic E-state index is 10.9. The number of aromatic carboxylic acids is 1. The van der Waals surface area contributed by atoms with Crippen molar-refractivity contribution >= 4 is 11.8 Å². The highest BCUT2D eigenvalue weighted by molar-refractivity contribution is 5.89. The number of carbonyl (C=O) groups is 1. The summed E-state index contributed by atoms with van der Waals surface area (Å²) in [5, 5.41) is 16.5. The molecule has 0 fully saturated rings. The molecule has 0 saturated carbocycles. The van der Waals surface area contributed by atoms with Crippen LogP contribution >= 0.6 is 0 Å². The van der Waals surface area contributed by atoms with Gasteiger partial charge in [0, 0.05) is 24.8 Å². The molecular formula is C14H18N4O2. The van der Waals surface area contributed by atoms with E-state index in [-0.39, 0.29) is 5.56 Å². The molecule has 6 heteroatoms. The zero-order valence-electron chi connectivity index (χ0n) is 12.1. The first-order valence-corrected chi connectivity index (χ1v) is 6.34. The second kappa shape index (κ2) is 5.32. The van der Waals surface area contributed by atoms with E-state index >= 15 is 0 Å². The Hall–Kier alpha value is -2.37. The number of anilines is 1. The van der Waals surface area contributed by atoms with Crippen LogP contribution in [0.25, 0.3) is 0 Å². The van der Waals surface area contributed by atoms with E-state index in [2.05, 4.69) is 15.4 Å². The van der Waals surface area contributed by atoms with E-state index in [0.717, 1.165) is 17.0 Å². The van der Waals surface area contributed by atoms with E-state index in [1.807, 2.05) is 25.6 Å².